The number of nitrogens with one attached hydrogen (secondary N) is 1. The highest BCUT2D eigenvalue weighted by atomic mass is 15.3. The summed E-state index contributed by atoms with van der Waals surface area (Å²) in [4.78, 5) is 2.43. The van der Waals surface area contributed by atoms with E-state index < -0.39 is 0 Å². The van der Waals surface area contributed by atoms with Crippen LogP contribution in [0, 0.1) is 0 Å². The molecule has 84 valence electrons. The van der Waals surface area contributed by atoms with Crippen molar-refractivity contribution < 1.29 is 0 Å². The van der Waals surface area contributed by atoms with Crippen LogP contribution in [0.15, 0.2) is 23.9 Å². The molecule has 1 atom stereocenters. The Hall–Kier alpha value is -0.760. The molecule has 0 radical (unpaired) electrons. The van der Waals surface area contributed by atoms with Crippen molar-refractivity contribution >= 4 is 0 Å². The quantitative estimate of drug-likeness (QED) is 0.654. The molecule has 0 spiro atoms. The molecule has 1 aliphatic carbocycles. The standard InChI is InChI=1S/C13H22N2/c1-12(2)13(3,4)15(5)11-9-7-6-8-10(11)14-12/h6-7,9-10,14H,8H2,1-5H3. The zero-order valence-electron chi connectivity index (χ0n) is 10.5. The summed E-state index contributed by atoms with van der Waals surface area (Å²) in [5.74, 6) is 0. The van der Waals surface area contributed by atoms with Crippen LogP contribution in [0.25, 0.3) is 0 Å². The highest BCUT2D eigenvalue weighted by Gasteiger charge is 2.47. The average Bonchev–Trinajstić information content (AvgIpc) is 2.15. The first-order valence-electron chi connectivity index (χ1n) is 5.74. The van der Waals surface area contributed by atoms with Crippen molar-refractivity contribution in [2.24, 2.45) is 0 Å². The topological polar surface area (TPSA) is 15.3 Å². The molecule has 15 heavy (non-hydrogen) atoms. The van der Waals surface area contributed by atoms with E-state index in [0.29, 0.717) is 6.04 Å². The largest absolute Gasteiger partial charge is 0.370 e. The first-order chi connectivity index (χ1) is 6.86. The number of allylic oxidation sites excluding steroid dienone is 2. The third-order valence-corrected chi connectivity index (χ3v) is 4.42. The predicted molar refractivity (Wildman–Crippen MR) is 64.7 cm³/mol. The molecular weight excluding hydrogens is 184 g/mol. The Morgan fingerprint density at radius 3 is 2.67 bits per heavy atom. The lowest BCUT2D eigenvalue weighted by Gasteiger charge is -2.57. The molecule has 1 unspecified atom stereocenters. The lowest BCUT2D eigenvalue weighted by molar-refractivity contribution is 0.0384. The minimum Gasteiger partial charge on any atom is -0.370 e. The maximum Gasteiger partial charge on any atom is 0.0516 e. The van der Waals surface area contributed by atoms with Crippen LogP contribution in [0.5, 0.6) is 0 Å². The number of likely N-dealkylation sites (N-methyl/N-ethyl adjacent to an activating group) is 1. The van der Waals surface area contributed by atoms with Crippen molar-refractivity contribution in [1.29, 1.82) is 0 Å². The molecule has 0 aromatic heterocycles. The van der Waals surface area contributed by atoms with E-state index in [2.05, 4.69) is 63.2 Å². The van der Waals surface area contributed by atoms with Crippen LogP contribution in [-0.4, -0.2) is 29.1 Å². The van der Waals surface area contributed by atoms with Gasteiger partial charge in [0.05, 0.1) is 11.6 Å². The minimum absolute atomic E-state index is 0.134. The van der Waals surface area contributed by atoms with Crippen molar-refractivity contribution in [2.75, 3.05) is 7.05 Å². The molecule has 1 N–H and O–H groups in total. The highest BCUT2D eigenvalue weighted by molar-refractivity contribution is 5.29. The summed E-state index contributed by atoms with van der Waals surface area (Å²) in [5.41, 5.74) is 1.69. The van der Waals surface area contributed by atoms with Crippen molar-refractivity contribution in [3.8, 4) is 0 Å². The van der Waals surface area contributed by atoms with E-state index in [1.807, 2.05) is 0 Å². The molecule has 2 rings (SSSR count). The summed E-state index contributed by atoms with van der Waals surface area (Å²) in [7, 11) is 2.21. The van der Waals surface area contributed by atoms with Gasteiger partial charge in [-0.05, 0) is 40.2 Å². The number of hydrogen-bond donors (Lipinski definition) is 1. The van der Waals surface area contributed by atoms with E-state index in [9.17, 15) is 0 Å². The molecule has 1 fully saturated rings. The van der Waals surface area contributed by atoms with E-state index in [0.717, 1.165) is 6.42 Å². The first kappa shape index (κ1) is 10.7. The van der Waals surface area contributed by atoms with Gasteiger partial charge in [-0.3, -0.25) is 0 Å². The van der Waals surface area contributed by atoms with Gasteiger partial charge in [0, 0.05) is 18.3 Å². The fourth-order valence-corrected chi connectivity index (χ4v) is 2.45. The second-order valence-corrected chi connectivity index (χ2v) is 5.70. The van der Waals surface area contributed by atoms with Crippen molar-refractivity contribution in [3.05, 3.63) is 23.9 Å². The summed E-state index contributed by atoms with van der Waals surface area (Å²) in [5, 5.41) is 3.75. The van der Waals surface area contributed by atoms with Crippen LogP contribution in [0.1, 0.15) is 34.1 Å². The van der Waals surface area contributed by atoms with Crippen LogP contribution in [0.2, 0.25) is 0 Å². The van der Waals surface area contributed by atoms with Crippen molar-refractivity contribution in [2.45, 2.75) is 51.2 Å². The predicted octanol–water partition coefficient (Wildman–Crippen LogP) is 2.29. The molecule has 1 aliphatic heterocycles. The van der Waals surface area contributed by atoms with Crippen molar-refractivity contribution in [3.63, 3.8) is 0 Å². The zero-order chi connectivity index (χ0) is 11.3. The summed E-state index contributed by atoms with van der Waals surface area (Å²) >= 11 is 0. The molecule has 1 heterocycles. The molecule has 0 amide bonds. The van der Waals surface area contributed by atoms with Crippen LogP contribution >= 0.6 is 0 Å². The van der Waals surface area contributed by atoms with E-state index in [1.165, 1.54) is 5.70 Å². The molecule has 0 bridgehead atoms. The molecule has 0 aromatic rings. The van der Waals surface area contributed by atoms with Gasteiger partial charge >= 0.3 is 0 Å². The number of rotatable bonds is 0. The monoisotopic (exact) mass is 206 g/mol. The molecule has 0 saturated carbocycles. The molecular formula is C13H22N2. The molecule has 1 saturated heterocycles. The highest BCUT2D eigenvalue weighted by Crippen LogP contribution is 2.37. The van der Waals surface area contributed by atoms with E-state index in [-0.39, 0.29) is 11.1 Å². The maximum absolute atomic E-state index is 3.75. The fourth-order valence-electron chi connectivity index (χ4n) is 2.45. The third-order valence-electron chi connectivity index (χ3n) is 4.42. The van der Waals surface area contributed by atoms with Gasteiger partial charge in [0.1, 0.15) is 0 Å². The Balaban J connectivity index is 2.39. The lowest BCUT2D eigenvalue weighted by atomic mass is 9.76. The third kappa shape index (κ3) is 1.43. The smallest absolute Gasteiger partial charge is 0.0516 e. The van der Waals surface area contributed by atoms with E-state index >= 15 is 0 Å². The number of piperazine rings is 1. The number of hydrogen-bond acceptors (Lipinski definition) is 2. The summed E-state index contributed by atoms with van der Waals surface area (Å²) in [6.07, 6.45) is 7.75. The normalized spacial score (nSPS) is 32.2. The van der Waals surface area contributed by atoms with E-state index in [4.69, 9.17) is 0 Å². The zero-order valence-corrected chi connectivity index (χ0v) is 10.5. The van der Waals surface area contributed by atoms with Gasteiger partial charge in [0.15, 0.2) is 0 Å². The Kier molecular flexibility index (Phi) is 2.23. The summed E-state index contributed by atoms with van der Waals surface area (Å²) in [6.45, 7) is 9.18. The van der Waals surface area contributed by atoms with Crippen LogP contribution in [0.3, 0.4) is 0 Å². The van der Waals surface area contributed by atoms with Gasteiger partial charge in [-0.2, -0.15) is 0 Å². The van der Waals surface area contributed by atoms with Crippen LogP contribution < -0.4 is 5.32 Å². The maximum atomic E-state index is 3.75. The van der Waals surface area contributed by atoms with Gasteiger partial charge in [-0.25, -0.2) is 0 Å². The Morgan fingerprint density at radius 2 is 2.00 bits per heavy atom. The van der Waals surface area contributed by atoms with Crippen molar-refractivity contribution in [1.82, 2.24) is 10.2 Å². The lowest BCUT2D eigenvalue weighted by Crippen LogP contribution is -2.71. The van der Waals surface area contributed by atoms with Gasteiger partial charge in [-0.1, -0.05) is 12.2 Å². The SMILES string of the molecule is CN1C2=CC=CCC2NC(C)(C)C1(C)C. The number of fused-ring (bicyclic) bond motifs is 1. The van der Waals surface area contributed by atoms with Crippen LogP contribution in [0.4, 0.5) is 0 Å². The first-order valence-corrected chi connectivity index (χ1v) is 5.74. The molecule has 2 heteroatoms. The minimum atomic E-state index is 0.134. The molecule has 2 nitrogen and oxygen atoms in total. The van der Waals surface area contributed by atoms with Gasteiger partial charge in [0.25, 0.3) is 0 Å². The average molecular weight is 206 g/mol. The Labute approximate surface area is 93.0 Å². The van der Waals surface area contributed by atoms with Gasteiger partial charge in [-0.15, -0.1) is 0 Å². The van der Waals surface area contributed by atoms with Gasteiger partial charge < -0.3 is 10.2 Å². The summed E-state index contributed by atoms with van der Waals surface area (Å²) < 4.78 is 0. The second kappa shape index (κ2) is 3.11. The Bertz CT molecular complexity index is 323. The van der Waals surface area contributed by atoms with E-state index in [1.54, 1.807) is 0 Å². The second-order valence-electron chi connectivity index (χ2n) is 5.70. The molecule has 0 aromatic carbocycles. The number of nitrogens with zero attached hydrogens (tertiary/aromatic N) is 1. The van der Waals surface area contributed by atoms with Gasteiger partial charge in [0.2, 0.25) is 0 Å². The van der Waals surface area contributed by atoms with Crippen LogP contribution in [-0.2, 0) is 0 Å². The Morgan fingerprint density at radius 1 is 1.33 bits per heavy atom. The molecule has 2 aliphatic rings. The summed E-state index contributed by atoms with van der Waals surface area (Å²) in [6, 6.07) is 0.489. The fraction of sp³-hybridized carbons (Fsp3) is 0.692.